The molecule has 3 aromatic rings. The van der Waals surface area contributed by atoms with E-state index in [1.165, 1.54) is 6.20 Å². The lowest BCUT2D eigenvalue weighted by atomic mass is 9.88. The molecule has 0 saturated carbocycles. The van der Waals surface area contributed by atoms with Gasteiger partial charge >= 0.3 is 0 Å². The molecule has 2 heterocycles. The van der Waals surface area contributed by atoms with Crippen molar-refractivity contribution in [1.82, 2.24) is 14.6 Å². The van der Waals surface area contributed by atoms with Crippen LogP contribution >= 0.6 is 0 Å². The molecule has 8 nitrogen and oxygen atoms in total. The molecule has 9 heteroatoms. The monoisotopic (exact) mass is 523 g/mol. The fourth-order valence-electron chi connectivity index (χ4n) is 4.36. The van der Waals surface area contributed by atoms with Crippen molar-refractivity contribution in [3.8, 4) is 5.88 Å². The predicted molar refractivity (Wildman–Crippen MR) is 141 cm³/mol. The predicted octanol–water partition coefficient (Wildman–Crippen LogP) is 3.86. The van der Waals surface area contributed by atoms with Crippen molar-refractivity contribution in [3.63, 3.8) is 0 Å². The fraction of sp³-hybridized carbons (Fsp3) is 0.357. The van der Waals surface area contributed by atoms with Crippen LogP contribution in [0.5, 0.6) is 5.88 Å². The summed E-state index contributed by atoms with van der Waals surface area (Å²) < 4.78 is 35.1. The number of benzene rings is 2. The highest BCUT2D eigenvalue weighted by Crippen LogP contribution is 2.39. The molecule has 1 amide bonds. The van der Waals surface area contributed by atoms with Crippen LogP contribution in [0.2, 0.25) is 0 Å². The third kappa shape index (κ3) is 5.69. The number of carbonyl (C=O) groups excluding carboxylic acids is 1. The molecule has 0 aliphatic carbocycles. The number of fused-ring (bicyclic) bond motifs is 1. The molecule has 1 aromatic heterocycles. The van der Waals surface area contributed by atoms with E-state index in [0.29, 0.717) is 18.7 Å². The number of sulfonamides is 1. The van der Waals surface area contributed by atoms with E-state index < -0.39 is 27.8 Å². The summed E-state index contributed by atoms with van der Waals surface area (Å²) in [6, 6.07) is 16.7. The normalized spacial score (nSPS) is 18.5. The van der Waals surface area contributed by atoms with Crippen molar-refractivity contribution in [3.05, 3.63) is 89.1 Å². The molecule has 4 rings (SSSR count). The van der Waals surface area contributed by atoms with E-state index >= 15 is 0 Å². The van der Waals surface area contributed by atoms with E-state index in [1.54, 1.807) is 49.1 Å². The minimum atomic E-state index is -3.99. The van der Waals surface area contributed by atoms with E-state index in [4.69, 9.17) is 4.74 Å². The molecule has 0 radical (unpaired) electrons. The summed E-state index contributed by atoms with van der Waals surface area (Å²) in [6.07, 6.45) is 0.983. The number of aliphatic hydroxyl groups excluding tert-OH is 1. The summed E-state index contributed by atoms with van der Waals surface area (Å²) in [5, 5.41) is 11.1. The summed E-state index contributed by atoms with van der Waals surface area (Å²) in [6.45, 7) is 8.10. The second-order valence-corrected chi connectivity index (χ2v) is 11.4. The number of hydrogen-bond acceptors (Lipinski definition) is 6. The largest absolute Gasteiger partial charge is 0.469 e. The van der Waals surface area contributed by atoms with Crippen LogP contribution in [0.15, 0.2) is 71.8 Å². The number of nitrogens with zero attached hydrogens (tertiary/aromatic N) is 2. The molecule has 0 unspecified atom stereocenters. The van der Waals surface area contributed by atoms with Crippen molar-refractivity contribution in [2.24, 2.45) is 0 Å². The average Bonchev–Trinajstić information content (AvgIpc) is 2.89. The highest BCUT2D eigenvalue weighted by Gasteiger charge is 2.45. The molecule has 2 atom stereocenters. The highest BCUT2D eigenvalue weighted by molar-refractivity contribution is 7.89. The molecule has 0 spiro atoms. The van der Waals surface area contributed by atoms with Gasteiger partial charge in [0.1, 0.15) is 11.7 Å². The Kier molecular flexibility index (Phi) is 7.68. The molecule has 0 saturated heterocycles. The van der Waals surface area contributed by atoms with E-state index in [0.717, 1.165) is 17.5 Å². The molecule has 196 valence electrons. The standard InChI is InChI=1S/C28H33N3O5S/c1-5-19-12-14-22(15-13-19)37(34,35)30-24-23-16-21(17-29-26(23)36-28(3,4)25(24)32)27(33)31(6-2)18-20-10-8-7-9-11-20/h7-17,24-25,30,32H,5-6,18H2,1-4H3/t24-,25+/m1/s1. The topological polar surface area (TPSA) is 109 Å². The lowest BCUT2D eigenvalue weighted by molar-refractivity contribution is -0.0632. The lowest BCUT2D eigenvalue weighted by Crippen LogP contribution is -2.53. The van der Waals surface area contributed by atoms with Crippen molar-refractivity contribution >= 4 is 15.9 Å². The first-order valence-electron chi connectivity index (χ1n) is 12.4. The Morgan fingerprint density at radius 1 is 1.08 bits per heavy atom. The quantitative estimate of drug-likeness (QED) is 0.464. The first-order chi connectivity index (χ1) is 17.6. The van der Waals surface area contributed by atoms with Crippen LogP contribution in [0.1, 0.15) is 60.8 Å². The number of aliphatic hydroxyl groups is 1. The molecule has 1 aliphatic heterocycles. The van der Waals surface area contributed by atoms with Gasteiger partial charge in [-0.2, -0.15) is 0 Å². The van der Waals surface area contributed by atoms with Crippen LogP contribution < -0.4 is 9.46 Å². The Morgan fingerprint density at radius 3 is 2.38 bits per heavy atom. The second kappa shape index (κ2) is 10.6. The van der Waals surface area contributed by atoms with Crippen molar-refractivity contribution in [2.45, 2.75) is 63.3 Å². The van der Waals surface area contributed by atoms with Gasteiger partial charge < -0.3 is 14.7 Å². The third-order valence-corrected chi connectivity index (χ3v) is 8.11. The average molecular weight is 524 g/mol. The van der Waals surface area contributed by atoms with E-state index in [2.05, 4.69) is 9.71 Å². The van der Waals surface area contributed by atoms with E-state index in [9.17, 15) is 18.3 Å². The highest BCUT2D eigenvalue weighted by atomic mass is 32.2. The second-order valence-electron chi connectivity index (χ2n) is 9.67. The van der Waals surface area contributed by atoms with Gasteiger partial charge in [0, 0.05) is 24.8 Å². The zero-order valence-corrected chi connectivity index (χ0v) is 22.3. The van der Waals surface area contributed by atoms with Crippen LogP contribution in [-0.2, 0) is 23.0 Å². The maximum atomic E-state index is 13.4. The molecule has 2 aromatic carbocycles. The number of carbonyl (C=O) groups is 1. The summed E-state index contributed by atoms with van der Waals surface area (Å²) >= 11 is 0. The van der Waals surface area contributed by atoms with Gasteiger partial charge in [-0.05, 0) is 56.5 Å². The van der Waals surface area contributed by atoms with E-state index in [-0.39, 0.29) is 22.2 Å². The number of hydrogen-bond donors (Lipinski definition) is 2. The van der Waals surface area contributed by atoms with Crippen molar-refractivity contribution < 1.29 is 23.1 Å². The van der Waals surface area contributed by atoms with Crippen LogP contribution in [0, 0.1) is 0 Å². The summed E-state index contributed by atoms with van der Waals surface area (Å²) in [7, 11) is -3.99. The van der Waals surface area contributed by atoms with Gasteiger partial charge in [-0.3, -0.25) is 4.79 Å². The molecular weight excluding hydrogens is 490 g/mol. The third-order valence-electron chi connectivity index (χ3n) is 6.66. The van der Waals surface area contributed by atoms with Gasteiger partial charge in [0.2, 0.25) is 15.9 Å². The number of nitrogens with one attached hydrogen (secondary N) is 1. The van der Waals surface area contributed by atoms with Crippen molar-refractivity contribution in [2.75, 3.05) is 6.54 Å². The molecule has 1 aliphatic rings. The maximum Gasteiger partial charge on any atom is 0.255 e. The molecular formula is C28H33N3O5S. The Balaban J connectivity index is 1.68. The number of pyridine rings is 1. The Bertz CT molecular complexity index is 1360. The smallest absolute Gasteiger partial charge is 0.255 e. The maximum absolute atomic E-state index is 13.4. The van der Waals surface area contributed by atoms with Gasteiger partial charge in [-0.15, -0.1) is 0 Å². The first kappa shape index (κ1) is 26.8. The van der Waals surface area contributed by atoms with E-state index in [1.807, 2.05) is 44.2 Å². The number of aryl methyl sites for hydroxylation is 1. The minimum absolute atomic E-state index is 0.0861. The summed E-state index contributed by atoms with van der Waals surface area (Å²) in [4.78, 5) is 19.5. The van der Waals surface area contributed by atoms with Gasteiger partial charge in [-0.25, -0.2) is 18.1 Å². The number of rotatable bonds is 8. The fourth-order valence-corrected chi connectivity index (χ4v) is 5.58. The van der Waals surface area contributed by atoms with Crippen LogP contribution in [0.25, 0.3) is 0 Å². The number of ether oxygens (including phenoxy) is 1. The Hall–Kier alpha value is -3.27. The zero-order valence-electron chi connectivity index (χ0n) is 21.5. The molecule has 2 N–H and O–H groups in total. The Morgan fingerprint density at radius 2 is 1.76 bits per heavy atom. The zero-order chi connectivity index (χ0) is 26.8. The SMILES string of the molecule is CCc1ccc(S(=O)(=O)N[C@@H]2c3cc(C(=O)N(CC)Cc4ccccc4)cnc3OC(C)(C)[C@H]2O)cc1. The number of aromatic nitrogens is 1. The Labute approximate surface area is 218 Å². The molecule has 0 bridgehead atoms. The summed E-state index contributed by atoms with van der Waals surface area (Å²) in [5.74, 6) is -0.0790. The van der Waals surface area contributed by atoms with Crippen molar-refractivity contribution in [1.29, 1.82) is 0 Å². The van der Waals surface area contributed by atoms with Crippen LogP contribution in [-0.4, -0.2) is 47.6 Å². The molecule has 37 heavy (non-hydrogen) atoms. The lowest BCUT2D eigenvalue weighted by Gasteiger charge is -2.41. The van der Waals surface area contributed by atoms with Crippen LogP contribution in [0.3, 0.4) is 0 Å². The van der Waals surface area contributed by atoms with Crippen LogP contribution in [0.4, 0.5) is 0 Å². The number of amides is 1. The van der Waals surface area contributed by atoms with Gasteiger partial charge in [0.05, 0.1) is 16.5 Å². The first-order valence-corrected chi connectivity index (χ1v) is 13.9. The molecule has 0 fully saturated rings. The van der Waals surface area contributed by atoms with Gasteiger partial charge in [0.25, 0.3) is 5.91 Å². The van der Waals surface area contributed by atoms with Gasteiger partial charge in [0.15, 0.2) is 0 Å². The minimum Gasteiger partial charge on any atom is -0.469 e. The van der Waals surface area contributed by atoms with Gasteiger partial charge in [-0.1, -0.05) is 49.4 Å². The summed E-state index contributed by atoms with van der Waals surface area (Å²) in [5.41, 5.74) is 1.47.